The SMILES string of the molecule is O=C(c1ccccn1)C12Cc3cnn(-c4ccc(F)cc4)c3C=C1CCN(Sc1ccc(Cl)c(Cl)c1)C2. The van der Waals surface area contributed by atoms with E-state index in [9.17, 15) is 9.18 Å². The topological polar surface area (TPSA) is 51.0 Å². The maximum atomic E-state index is 14.1. The molecule has 1 aliphatic carbocycles. The number of fused-ring (bicyclic) bond motifs is 2. The second kappa shape index (κ2) is 9.72. The van der Waals surface area contributed by atoms with Gasteiger partial charge >= 0.3 is 0 Å². The lowest BCUT2D eigenvalue weighted by atomic mass is 9.65. The molecule has 6 rings (SSSR count). The molecule has 3 heterocycles. The minimum absolute atomic E-state index is 0.000953. The third kappa shape index (κ3) is 4.50. The number of ketones is 1. The summed E-state index contributed by atoms with van der Waals surface area (Å²) in [5.74, 6) is -0.297. The molecule has 0 spiro atoms. The fraction of sp³-hybridized carbons (Fsp3) is 0.179. The number of pyridine rings is 1. The third-order valence-electron chi connectivity index (χ3n) is 6.91. The average molecular weight is 551 g/mol. The minimum Gasteiger partial charge on any atom is -0.291 e. The lowest BCUT2D eigenvalue weighted by molar-refractivity contribution is 0.0775. The monoisotopic (exact) mass is 550 g/mol. The Labute approximate surface area is 228 Å². The summed E-state index contributed by atoms with van der Waals surface area (Å²) < 4.78 is 17.5. The molecule has 1 unspecified atom stereocenters. The van der Waals surface area contributed by atoms with Crippen LogP contribution < -0.4 is 0 Å². The second-order valence-corrected chi connectivity index (χ2v) is 11.2. The standard InChI is InChI=1S/C28H21Cl2FN4OS/c29-23-9-8-22(14-24(23)30)37-34-12-10-19-13-26-18(16-33-35(26)21-6-4-20(31)5-7-21)15-28(19,17-34)27(36)25-3-1-2-11-32-25/h1-9,11,13-14,16H,10,12,15,17H2. The summed E-state index contributed by atoms with van der Waals surface area (Å²) in [6, 6.07) is 17.2. The van der Waals surface area contributed by atoms with Crippen LogP contribution in [0.4, 0.5) is 4.39 Å². The molecule has 0 radical (unpaired) electrons. The van der Waals surface area contributed by atoms with E-state index in [0.717, 1.165) is 34.0 Å². The van der Waals surface area contributed by atoms with Gasteiger partial charge in [0.2, 0.25) is 0 Å². The van der Waals surface area contributed by atoms with Gasteiger partial charge in [-0.1, -0.05) is 34.8 Å². The van der Waals surface area contributed by atoms with E-state index in [1.807, 2.05) is 35.1 Å². The summed E-state index contributed by atoms with van der Waals surface area (Å²) in [5, 5.41) is 5.61. The Hall–Kier alpha value is -2.97. The molecule has 4 aromatic rings. The number of aromatic nitrogens is 3. The van der Waals surface area contributed by atoms with Crippen LogP contribution in [0, 0.1) is 11.2 Å². The van der Waals surface area contributed by atoms with Crippen LogP contribution in [0.15, 0.2) is 83.5 Å². The maximum absolute atomic E-state index is 14.1. The van der Waals surface area contributed by atoms with Gasteiger partial charge in [0.1, 0.15) is 11.5 Å². The highest BCUT2D eigenvalue weighted by molar-refractivity contribution is 7.97. The Balaban J connectivity index is 1.39. The van der Waals surface area contributed by atoms with E-state index in [-0.39, 0.29) is 11.6 Å². The van der Waals surface area contributed by atoms with Crippen LogP contribution in [0.3, 0.4) is 0 Å². The maximum Gasteiger partial charge on any atom is 0.192 e. The van der Waals surface area contributed by atoms with E-state index in [1.54, 1.807) is 42.4 Å². The number of hydrogen-bond acceptors (Lipinski definition) is 5. The van der Waals surface area contributed by atoms with Crippen molar-refractivity contribution in [3.63, 3.8) is 0 Å². The fourth-order valence-electron chi connectivity index (χ4n) is 5.11. The Kier molecular flexibility index (Phi) is 6.41. The van der Waals surface area contributed by atoms with E-state index in [1.165, 1.54) is 12.1 Å². The largest absolute Gasteiger partial charge is 0.291 e. The molecule has 0 amide bonds. The molecule has 5 nitrogen and oxygen atoms in total. The molecule has 0 N–H and O–H groups in total. The van der Waals surface area contributed by atoms with Gasteiger partial charge in [-0.2, -0.15) is 5.10 Å². The second-order valence-electron chi connectivity index (χ2n) is 9.20. The van der Waals surface area contributed by atoms with Crippen molar-refractivity contribution in [2.75, 3.05) is 13.1 Å². The van der Waals surface area contributed by atoms with E-state index in [0.29, 0.717) is 35.1 Å². The molecule has 37 heavy (non-hydrogen) atoms. The smallest absolute Gasteiger partial charge is 0.192 e. The molecule has 2 aromatic carbocycles. The Morgan fingerprint density at radius 3 is 2.65 bits per heavy atom. The molecule has 1 fully saturated rings. The molecule has 2 aromatic heterocycles. The highest BCUT2D eigenvalue weighted by Gasteiger charge is 2.49. The first kappa shape index (κ1) is 24.4. The Morgan fingerprint density at radius 2 is 1.89 bits per heavy atom. The number of carbonyl (C=O) groups is 1. The highest BCUT2D eigenvalue weighted by atomic mass is 35.5. The van der Waals surface area contributed by atoms with Crippen molar-refractivity contribution in [2.45, 2.75) is 17.7 Å². The Morgan fingerprint density at radius 1 is 1.05 bits per heavy atom. The fourth-order valence-corrected chi connectivity index (χ4v) is 6.53. The van der Waals surface area contributed by atoms with Crippen molar-refractivity contribution in [3.8, 4) is 5.69 Å². The zero-order chi connectivity index (χ0) is 25.6. The van der Waals surface area contributed by atoms with Gasteiger partial charge in [0, 0.05) is 24.2 Å². The van der Waals surface area contributed by atoms with Crippen LogP contribution in [-0.2, 0) is 6.42 Å². The van der Waals surface area contributed by atoms with Gasteiger partial charge < -0.3 is 0 Å². The van der Waals surface area contributed by atoms with Gasteiger partial charge in [0.25, 0.3) is 0 Å². The molecule has 0 bridgehead atoms. The summed E-state index contributed by atoms with van der Waals surface area (Å²) >= 11 is 13.9. The molecule has 1 aliphatic heterocycles. The third-order valence-corrected chi connectivity index (χ3v) is 8.68. The van der Waals surface area contributed by atoms with Gasteiger partial charge in [0.05, 0.1) is 33.0 Å². The summed E-state index contributed by atoms with van der Waals surface area (Å²) in [6.45, 7) is 1.27. The quantitative estimate of drug-likeness (QED) is 0.199. The first-order valence-corrected chi connectivity index (χ1v) is 13.3. The minimum atomic E-state index is -0.778. The first-order valence-electron chi connectivity index (χ1n) is 11.8. The van der Waals surface area contributed by atoms with Gasteiger partial charge in [-0.05, 0) is 91.0 Å². The van der Waals surface area contributed by atoms with Crippen molar-refractivity contribution in [1.29, 1.82) is 0 Å². The number of halogens is 3. The van der Waals surface area contributed by atoms with Crippen molar-refractivity contribution in [2.24, 2.45) is 5.41 Å². The zero-order valence-electron chi connectivity index (χ0n) is 19.6. The summed E-state index contributed by atoms with van der Waals surface area (Å²) in [5.41, 5.74) is 3.40. The molecular weight excluding hydrogens is 530 g/mol. The van der Waals surface area contributed by atoms with E-state index in [4.69, 9.17) is 23.2 Å². The van der Waals surface area contributed by atoms with Gasteiger partial charge in [-0.15, -0.1) is 0 Å². The zero-order valence-corrected chi connectivity index (χ0v) is 21.9. The molecule has 2 aliphatic rings. The summed E-state index contributed by atoms with van der Waals surface area (Å²) in [4.78, 5) is 19.5. The Bertz CT molecular complexity index is 1520. The van der Waals surface area contributed by atoms with Crippen LogP contribution in [0.2, 0.25) is 10.0 Å². The van der Waals surface area contributed by atoms with Crippen LogP contribution in [0.1, 0.15) is 28.2 Å². The van der Waals surface area contributed by atoms with Crippen molar-refractivity contribution < 1.29 is 9.18 Å². The van der Waals surface area contributed by atoms with Crippen LogP contribution >= 0.6 is 35.1 Å². The van der Waals surface area contributed by atoms with E-state index < -0.39 is 5.41 Å². The molecule has 9 heteroatoms. The lowest BCUT2D eigenvalue weighted by Crippen LogP contribution is -2.49. The number of carbonyl (C=O) groups excluding carboxylic acids is 1. The summed E-state index contributed by atoms with van der Waals surface area (Å²) in [7, 11) is 0. The van der Waals surface area contributed by atoms with E-state index in [2.05, 4.69) is 20.5 Å². The number of Topliss-reactive ketones (excluding diaryl/α,β-unsaturated/α-hetero) is 1. The van der Waals surface area contributed by atoms with Crippen LogP contribution in [0.5, 0.6) is 0 Å². The van der Waals surface area contributed by atoms with Crippen molar-refractivity contribution in [1.82, 2.24) is 19.1 Å². The van der Waals surface area contributed by atoms with Gasteiger partial charge in [-0.25, -0.2) is 13.4 Å². The molecule has 1 atom stereocenters. The molecule has 0 saturated carbocycles. The predicted molar refractivity (Wildman–Crippen MR) is 145 cm³/mol. The lowest BCUT2D eigenvalue weighted by Gasteiger charge is -2.44. The number of rotatable bonds is 5. The molecule has 1 saturated heterocycles. The van der Waals surface area contributed by atoms with Crippen molar-refractivity contribution in [3.05, 3.63) is 111 Å². The average Bonchev–Trinajstić information content (AvgIpc) is 3.32. The van der Waals surface area contributed by atoms with E-state index >= 15 is 0 Å². The van der Waals surface area contributed by atoms with Crippen LogP contribution in [0.25, 0.3) is 11.8 Å². The van der Waals surface area contributed by atoms with Crippen LogP contribution in [-0.4, -0.2) is 37.9 Å². The molecular formula is C28H21Cl2FN4OS. The number of benzene rings is 2. The highest BCUT2D eigenvalue weighted by Crippen LogP contribution is 2.48. The van der Waals surface area contributed by atoms with Crippen molar-refractivity contribution >= 4 is 47.0 Å². The number of nitrogens with zero attached hydrogens (tertiary/aromatic N) is 4. The first-order chi connectivity index (χ1) is 17.9. The number of hydrogen-bond donors (Lipinski definition) is 0. The summed E-state index contributed by atoms with van der Waals surface area (Å²) in [6.07, 6.45) is 6.77. The normalized spacial score (nSPS) is 19.2. The predicted octanol–water partition coefficient (Wildman–Crippen LogP) is 6.94. The van der Waals surface area contributed by atoms with Gasteiger partial charge in [-0.3, -0.25) is 9.78 Å². The molecule has 186 valence electrons. The number of piperidine rings is 1. The van der Waals surface area contributed by atoms with Gasteiger partial charge in [0.15, 0.2) is 5.78 Å².